The van der Waals surface area contributed by atoms with Gasteiger partial charge in [0, 0.05) is 38.2 Å². The zero-order valence-electron chi connectivity index (χ0n) is 18.0. The van der Waals surface area contributed by atoms with Crippen LogP contribution in [0.4, 0.5) is 0 Å². The highest BCUT2D eigenvalue weighted by Crippen LogP contribution is 2.25. The van der Waals surface area contributed by atoms with E-state index < -0.39 is 12.1 Å². The SMILES string of the molecule is COCc1cc(CN[C@H]2C[C@H]3C(=O)N[C@@H](Cc4ccccc4)C(=O)N3C2)ccc1OC. The molecule has 0 radical (unpaired) electrons. The van der Waals surface area contributed by atoms with Gasteiger partial charge in [-0.3, -0.25) is 9.59 Å². The van der Waals surface area contributed by atoms with Crippen molar-refractivity contribution in [3.8, 4) is 5.75 Å². The monoisotopic (exact) mass is 423 g/mol. The fourth-order valence-corrected chi connectivity index (χ4v) is 4.47. The minimum absolute atomic E-state index is 0.00424. The standard InChI is InChI=1S/C24H29N3O4/c1-30-15-18-10-17(8-9-22(18)31-2)13-25-19-12-21-23(28)26-20(24(29)27(21)14-19)11-16-6-4-3-5-7-16/h3-10,19-21,25H,11-15H2,1-2H3,(H,26,28)/t19-,20-,21-/m0/s1. The Balaban J connectivity index is 1.37. The fourth-order valence-electron chi connectivity index (χ4n) is 4.47. The summed E-state index contributed by atoms with van der Waals surface area (Å²) in [5, 5.41) is 6.44. The summed E-state index contributed by atoms with van der Waals surface area (Å²) in [6.07, 6.45) is 1.14. The first kappa shape index (κ1) is 21.3. The molecule has 2 heterocycles. The molecule has 2 fully saturated rings. The van der Waals surface area contributed by atoms with Crippen LogP contribution in [-0.4, -0.2) is 55.6 Å². The molecule has 3 atom stereocenters. The highest BCUT2D eigenvalue weighted by molar-refractivity contribution is 5.97. The van der Waals surface area contributed by atoms with E-state index in [4.69, 9.17) is 9.47 Å². The van der Waals surface area contributed by atoms with E-state index in [9.17, 15) is 9.59 Å². The Kier molecular flexibility index (Phi) is 6.53. The second kappa shape index (κ2) is 9.49. The van der Waals surface area contributed by atoms with Crippen LogP contribution in [0.15, 0.2) is 48.5 Å². The van der Waals surface area contributed by atoms with Gasteiger partial charge in [0.05, 0.1) is 13.7 Å². The molecule has 4 rings (SSSR count). The lowest BCUT2D eigenvalue weighted by molar-refractivity contribution is -0.147. The Hall–Kier alpha value is -2.90. The normalized spacial score (nSPS) is 22.9. The number of piperazine rings is 1. The molecule has 2 aromatic carbocycles. The van der Waals surface area contributed by atoms with Crippen molar-refractivity contribution in [2.24, 2.45) is 0 Å². The molecule has 0 aromatic heterocycles. The quantitative estimate of drug-likeness (QED) is 0.675. The molecule has 2 aromatic rings. The van der Waals surface area contributed by atoms with Crippen molar-refractivity contribution in [2.75, 3.05) is 20.8 Å². The van der Waals surface area contributed by atoms with Crippen LogP contribution in [-0.2, 0) is 33.9 Å². The predicted octanol–water partition coefficient (Wildman–Crippen LogP) is 1.64. The molecular weight excluding hydrogens is 394 g/mol. The Bertz CT molecular complexity index is 934. The summed E-state index contributed by atoms with van der Waals surface area (Å²) >= 11 is 0. The van der Waals surface area contributed by atoms with Crippen LogP contribution in [0.3, 0.4) is 0 Å². The van der Waals surface area contributed by atoms with E-state index in [-0.39, 0.29) is 17.9 Å². The number of nitrogens with zero attached hydrogens (tertiary/aromatic N) is 1. The van der Waals surface area contributed by atoms with Crippen LogP contribution in [0.25, 0.3) is 0 Å². The van der Waals surface area contributed by atoms with E-state index in [1.165, 1.54) is 0 Å². The molecule has 0 bridgehead atoms. The van der Waals surface area contributed by atoms with Crippen molar-refractivity contribution in [1.82, 2.24) is 15.5 Å². The highest BCUT2D eigenvalue weighted by atomic mass is 16.5. The van der Waals surface area contributed by atoms with E-state index in [0.717, 1.165) is 22.4 Å². The van der Waals surface area contributed by atoms with Crippen molar-refractivity contribution >= 4 is 11.8 Å². The number of benzene rings is 2. The second-order valence-electron chi connectivity index (χ2n) is 8.15. The number of ether oxygens (including phenoxy) is 2. The Labute approximate surface area is 182 Å². The van der Waals surface area contributed by atoms with Gasteiger partial charge in [0.2, 0.25) is 11.8 Å². The van der Waals surface area contributed by atoms with E-state index >= 15 is 0 Å². The number of methoxy groups -OCH3 is 2. The van der Waals surface area contributed by atoms with E-state index in [1.807, 2.05) is 42.5 Å². The first-order valence-corrected chi connectivity index (χ1v) is 10.6. The van der Waals surface area contributed by atoms with E-state index in [2.05, 4.69) is 16.7 Å². The average molecular weight is 424 g/mol. The Morgan fingerprint density at radius 3 is 2.65 bits per heavy atom. The van der Waals surface area contributed by atoms with Crippen LogP contribution in [0.2, 0.25) is 0 Å². The van der Waals surface area contributed by atoms with E-state index in [1.54, 1.807) is 19.1 Å². The lowest BCUT2D eigenvalue weighted by Crippen LogP contribution is -2.61. The molecule has 0 aliphatic carbocycles. The van der Waals surface area contributed by atoms with Crippen LogP contribution < -0.4 is 15.4 Å². The van der Waals surface area contributed by atoms with Crippen molar-refractivity contribution in [2.45, 2.75) is 44.1 Å². The number of carbonyl (C=O) groups excluding carboxylic acids is 2. The van der Waals surface area contributed by atoms with Crippen LogP contribution in [0.5, 0.6) is 5.75 Å². The lowest BCUT2D eigenvalue weighted by atomic mass is 10.0. The van der Waals surface area contributed by atoms with Gasteiger partial charge in [-0.2, -0.15) is 0 Å². The second-order valence-corrected chi connectivity index (χ2v) is 8.15. The van der Waals surface area contributed by atoms with Crippen molar-refractivity contribution in [3.05, 3.63) is 65.2 Å². The maximum Gasteiger partial charge on any atom is 0.246 e. The molecule has 2 aliphatic rings. The van der Waals surface area contributed by atoms with Gasteiger partial charge in [0.25, 0.3) is 0 Å². The summed E-state index contributed by atoms with van der Waals surface area (Å²) in [7, 11) is 3.31. The first-order valence-electron chi connectivity index (χ1n) is 10.6. The molecule has 2 saturated heterocycles. The van der Waals surface area contributed by atoms with Crippen molar-refractivity contribution in [1.29, 1.82) is 0 Å². The number of nitrogens with one attached hydrogen (secondary N) is 2. The van der Waals surface area contributed by atoms with Crippen LogP contribution in [0.1, 0.15) is 23.1 Å². The molecule has 31 heavy (non-hydrogen) atoms. The van der Waals surface area contributed by atoms with Gasteiger partial charge >= 0.3 is 0 Å². The zero-order chi connectivity index (χ0) is 21.8. The molecule has 0 saturated carbocycles. The number of carbonyl (C=O) groups is 2. The van der Waals surface area contributed by atoms with E-state index in [0.29, 0.717) is 32.5 Å². The summed E-state index contributed by atoms with van der Waals surface area (Å²) in [5.74, 6) is 0.747. The number of amides is 2. The molecule has 7 nitrogen and oxygen atoms in total. The van der Waals surface area contributed by atoms with Gasteiger partial charge in [-0.15, -0.1) is 0 Å². The highest BCUT2D eigenvalue weighted by Gasteiger charge is 2.46. The number of fused-ring (bicyclic) bond motifs is 1. The molecule has 2 N–H and O–H groups in total. The van der Waals surface area contributed by atoms with Gasteiger partial charge in [0.15, 0.2) is 0 Å². The van der Waals surface area contributed by atoms with Crippen molar-refractivity contribution < 1.29 is 19.1 Å². The third-order valence-corrected chi connectivity index (χ3v) is 6.02. The summed E-state index contributed by atoms with van der Waals surface area (Å²) in [4.78, 5) is 27.4. The maximum atomic E-state index is 13.0. The first-order chi connectivity index (χ1) is 15.1. The largest absolute Gasteiger partial charge is 0.496 e. The third-order valence-electron chi connectivity index (χ3n) is 6.02. The lowest BCUT2D eigenvalue weighted by Gasteiger charge is -2.34. The molecule has 0 unspecified atom stereocenters. The van der Waals surface area contributed by atoms with Crippen LogP contribution in [0, 0.1) is 0 Å². The summed E-state index contributed by atoms with van der Waals surface area (Å²) in [6.45, 7) is 1.67. The van der Waals surface area contributed by atoms with Gasteiger partial charge < -0.3 is 25.0 Å². The molecule has 2 amide bonds. The molecular formula is C24H29N3O4. The molecule has 7 heteroatoms. The molecule has 164 valence electrons. The van der Waals surface area contributed by atoms with Gasteiger partial charge in [-0.05, 0) is 29.7 Å². The molecule has 0 spiro atoms. The minimum atomic E-state index is -0.497. The smallest absolute Gasteiger partial charge is 0.246 e. The zero-order valence-corrected chi connectivity index (χ0v) is 18.0. The number of hydrogen-bond acceptors (Lipinski definition) is 5. The molecule has 2 aliphatic heterocycles. The van der Waals surface area contributed by atoms with Gasteiger partial charge in [0.1, 0.15) is 17.8 Å². The number of hydrogen-bond donors (Lipinski definition) is 2. The minimum Gasteiger partial charge on any atom is -0.496 e. The summed E-state index contributed by atoms with van der Waals surface area (Å²) in [5.41, 5.74) is 3.14. The fraction of sp³-hybridized carbons (Fsp3) is 0.417. The summed E-state index contributed by atoms with van der Waals surface area (Å²) in [6, 6.07) is 15.0. The van der Waals surface area contributed by atoms with Crippen molar-refractivity contribution in [3.63, 3.8) is 0 Å². The topological polar surface area (TPSA) is 79.9 Å². The predicted molar refractivity (Wildman–Crippen MR) is 117 cm³/mol. The average Bonchev–Trinajstić information content (AvgIpc) is 3.22. The maximum absolute atomic E-state index is 13.0. The Morgan fingerprint density at radius 1 is 1.10 bits per heavy atom. The van der Waals surface area contributed by atoms with Gasteiger partial charge in [-0.25, -0.2) is 0 Å². The van der Waals surface area contributed by atoms with Gasteiger partial charge in [-0.1, -0.05) is 36.4 Å². The summed E-state index contributed by atoms with van der Waals surface area (Å²) < 4.78 is 10.6. The number of rotatable bonds is 8. The van der Waals surface area contributed by atoms with Crippen LogP contribution >= 0.6 is 0 Å². The Morgan fingerprint density at radius 2 is 1.90 bits per heavy atom. The third kappa shape index (κ3) is 4.73.